The van der Waals surface area contributed by atoms with Gasteiger partial charge in [0.25, 0.3) is 0 Å². The third-order valence-electron chi connectivity index (χ3n) is 2.20. The molecule has 0 bridgehead atoms. The highest BCUT2D eigenvalue weighted by Gasteiger charge is 2.16. The molecule has 4 nitrogen and oxygen atoms in total. The summed E-state index contributed by atoms with van der Waals surface area (Å²) in [6, 6.07) is 3.29. The van der Waals surface area contributed by atoms with E-state index in [1.807, 2.05) is 12.1 Å². The van der Waals surface area contributed by atoms with E-state index >= 15 is 0 Å². The molecule has 0 aliphatic rings. The molecule has 1 aromatic rings. The highest BCUT2D eigenvalue weighted by Crippen LogP contribution is 2.04. The molecule has 0 saturated carbocycles. The van der Waals surface area contributed by atoms with Crippen molar-refractivity contribution in [3.63, 3.8) is 0 Å². The quantitative estimate of drug-likeness (QED) is 0.776. The summed E-state index contributed by atoms with van der Waals surface area (Å²) in [6.07, 6.45) is 3.41. The van der Waals surface area contributed by atoms with Crippen LogP contribution in [0, 0.1) is 0 Å². The maximum Gasteiger partial charge on any atom is 0.320 e. The van der Waals surface area contributed by atoms with Gasteiger partial charge in [-0.25, -0.2) is 0 Å². The van der Waals surface area contributed by atoms with Gasteiger partial charge in [0.1, 0.15) is 6.04 Å². The van der Waals surface area contributed by atoms with Crippen molar-refractivity contribution in [3.05, 3.63) is 30.1 Å². The number of likely N-dealkylation sites (N-methyl/N-ethyl adjacent to an activating group) is 1. The summed E-state index contributed by atoms with van der Waals surface area (Å²) in [5.41, 5.74) is 1.07. The van der Waals surface area contributed by atoms with Crippen LogP contribution in [0.3, 0.4) is 0 Å². The summed E-state index contributed by atoms with van der Waals surface area (Å²) >= 11 is 0. The second kappa shape index (κ2) is 4.72. The predicted octanol–water partition coefficient (Wildman–Crippen LogP) is 0.986. The van der Waals surface area contributed by atoms with Crippen LogP contribution in [0.4, 0.5) is 0 Å². The molecule has 0 amide bonds. The molecule has 1 rings (SSSR count). The number of pyridine rings is 1. The van der Waals surface area contributed by atoms with E-state index in [0.717, 1.165) is 5.56 Å². The topological polar surface area (TPSA) is 53.4 Å². The van der Waals surface area contributed by atoms with Gasteiger partial charge < -0.3 is 5.11 Å². The van der Waals surface area contributed by atoms with Gasteiger partial charge in [-0.1, -0.05) is 0 Å². The number of carboxylic acids is 1. The fourth-order valence-corrected chi connectivity index (χ4v) is 1.10. The third-order valence-corrected chi connectivity index (χ3v) is 2.20. The molecule has 1 aromatic heterocycles. The Labute approximate surface area is 83.2 Å². The molecule has 0 aliphatic heterocycles. The van der Waals surface area contributed by atoms with Crippen molar-refractivity contribution in [2.45, 2.75) is 19.5 Å². The molecule has 76 valence electrons. The van der Waals surface area contributed by atoms with Crippen LogP contribution >= 0.6 is 0 Å². The van der Waals surface area contributed by atoms with Crippen molar-refractivity contribution in [1.29, 1.82) is 0 Å². The van der Waals surface area contributed by atoms with Gasteiger partial charge in [-0.15, -0.1) is 0 Å². The van der Waals surface area contributed by atoms with Crippen LogP contribution in [0.25, 0.3) is 0 Å². The van der Waals surface area contributed by atoms with Crippen LogP contribution in [0.5, 0.6) is 0 Å². The molecular weight excluding hydrogens is 180 g/mol. The average Bonchev–Trinajstić information content (AvgIpc) is 2.18. The molecule has 1 atom stereocenters. The van der Waals surface area contributed by atoms with Crippen molar-refractivity contribution in [1.82, 2.24) is 9.88 Å². The van der Waals surface area contributed by atoms with E-state index in [9.17, 15) is 4.79 Å². The van der Waals surface area contributed by atoms with Crippen molar-refractivity contribution in [2.75, 3.05) is 7.05 Å². The molecule has 14 heavy (non-hydrogen) atoms. The number of aliphatic carboxylic acids is 1. The van der Waals surface area contributed by atoms with Crippen LogP contribution in [-0.2, 0) is 11.3 Å². The molecule has 0 saturated heterocycles. The lowest BCUT2D eigenvalue weighted by atomic mass is 10.2. The third kappa shape index (κ3) is 2.81. The van der Waals surface area contributed by atoms with Crippen molar-refractivity contribution < 1.29 is 9.90 Å². The van der Waals surface area contributed by atoms with E-state index in [2.05, 4.69) is 4.98 Å². The van der Waals surface area contributed by atoms with Crippen molar-refractivity contribution in [3.8, 4) is 0 Å². The summed E-state index contributed by atoms with van der Waals surface area (Å²) in [5.74, 6) is -0.804. The molecule has 0 aliphatic carbocycles. The Bertz CT molecular complexity index is 300. The van der Waals surface area contributed by atoms with Crippen LogP contribution in [0.2, 0.25) is 0 Å². The van der Waals surface area contributed by atoms with Crippen molar-refractivity contribution in [2.24, 2.45) is 0 Å². The number of aromatic nitrogens is 1. The van der Waals surface area contributed by atoms with Crippen LogP contribution in [0.1, 0.15) is 12.5 Å². The van der Waals surface area contributed by atoms with Gasteiger partial charge in [0.15, 0.2) is 0 Å². The van der Waals surface area contributed by atoms with E-state index in [4.69, 9.17) is 5.11 Å². The first-order valence-electron chi connectivity index (χ1n) is 4.43. The molecule has 0 spiro atoms. The fourth-order valence-electron chi connectivity index (χ4n) is 1.10. The molecule has 0 fully saturated rings. The van der Waals surface area contributed by atoms with Crippen LogP contribution in [-0.4, -0.2) is 34.0 Å². The number of rotatable bonds is 4. The summed E-state index contributed by atoms with van der Waals surface area (Å²) in [6.45, 7) is 2.29. The smallest absolute Gasteiger partial charge is 0.320 e. The Hall–Kier alpha value is -1.42. The van der Waals surface area contributed by atoms with Gasteiger partial charge in [-0.05, 0) is 31.7 Å². The monoisotopic (exact) mass is 194 g/mol. The SMILES string of the molecule is C[C@@H](C(=O)O)N(C)Cc1ccncc1. The zero-order valence-electron chi connectivity index (χ0n) is 8.34. The Morgan fingerprint density at radius 3 is 2.64 bits per heavy atom. The van der Waals surface area contributed by atoms with Crippen molar-refractivity contribution >= 4 is 5.97 Å². The Morgan fingerprint density at radius 2 is 2.14 bits per heavy atom. The highest BCUT2D eigenvalue weighted by atomic mass is 16.4. The minimum absolute atomic E-state index is 0.469. The number of nitrogens with zero attached hydrogens (tertiary/aromatic N) is 2. The molecule has 0 aromatic carbocycles. The summed E-state index contributed by atoms with van der Waals surface area (Å²) in [4.78, 5) is 16.4. The lowest BCUT2D eigenvalue weighted by molar-refractivity contribution is -0.142. The first-order valence-corrected chi connectivity index (χ1v) is 4.43. The molecule has 0 radical (unpaired) electrons. The minimum atomic E-state index is -0.804. The number of carbonyl (C=O) groups is 1. The Kier molecular flexibility index (Phi) is 3.59. The molecule has 1 N–H and O–H groups in total. The maximum atomic E-state index is 10.7. The van der Waals surface area contributed by atoms with Crippen LogP contribution < -0.4 is 0 Å². The Morgan fingerprint density at radius 1 is 1.57 bits per heavy atom. The lowest BCUT2D eigenvalue weighted by Gasteiger charge is -2.20. The van der Waals surface area contributed by atoms with Gasteiger partial charge in [-0.2, -0.15) is 0 Å². The number of hydrogen-bond donors (Lipinski definition) is 1. The first-order chi connectivity index (χ1) is 6.61. The standard InChI is InChI=1S/C10H14N2O2/c1-8(10(13)14)12(2)7-9-3-5-11-6-4-9/h3-6,8H,7H2,1-2H3,(H,13,14)/t8-/m0/s1. The first kappa shape index (κ1) is 10.7. The second-order valence-electron chi connectivity index (χ2n) is 3.28. The Balaban J connectivity index is 2.57. The van der Waals surface area contributed by atoms with Crippen LogP contribution in [0.15, 0.2) is 24.5 Å². The normalized spacial score (nSPS) is 12.8. The number of hydrogen-bond acceptors (Lipinski definition) is 3. The largest absolute Gasteiger partial charge is 0.480 e. The highest BCUT2D eigenvalue weighted by molar-refractivity contribution is 5.72. The second-order valence-corrected chi connectivity index (χ2v) is 3.28. The minimum Gasteiger partial charge on any atom is -0.480 e. The van der Waals surface area contributed by atoms with Gasteiger partial charge in [0.2, 0.25) is 0 Å². The van der Waals surface area contributed by atoms with Gasteiger partial charge in [0.05, 0.1) is 0 Å². The predicted molar refractivity (Wildman–Crippen MR) is 52.8 cm³/mol. The molecular formula is C10H14N2O2. The average molecular weight is 194 g/mol. The van der Waals surface area contributed by atoms with Gasteiger partial charge in [-0.3, -0.25) is 14.7 Å². The summed E-state index contributed by atoms with van der Waals surface area (Å²) < 4.78 is 0. The zero-order chi connectivity index (χ0) is 10.6. The lowest BCUT2D eigenvalue weighted by Crippen LogP contribution is -2.35. The van der Waals surface area contributed by atoms with E-state index in [0.29, 0.717) is 6.54 Å². The van der Waals surface area contributed by atoms with E-state index in [1.54, 1.807) is 31.3 Å². The molecule has 4 heteroatoms. The molecule has 0 unspecified atom stereocenters. The maximum absolute atomic E-state index is 10.7. The van der Waals surface area contributed by atoms with E-state index < -0.39 is 12.0 Å². The van der Waals surface area contributed by atoms with Gasteiger partial charge >= 0.3 is 5.97 Å². The summed E-state index contributed by atoms with van der Waals surface area (Å²) in [7, 11) is 1.79. The van der Waals surface area contributed by atoms with Gasteiger partial charge in [0, 0.05) is 18.9 Å². The zero-order valence-corrected chi connectivity index (χ0v) is 8.34. The molecule has 1 heterocycles. The summed E-state index contributed by atoms with van der Waals surface area (Å²) in [5, 5.41) is 8.78. The van der Waals surface area contributed by atoms with E-state index in [-0.39, 0.29) is 0 Å². The fraction of sp³-hybridized carbons (Fsp3) is 0.400. The van der Waals surface area contributed by atoms with E-state index in [1.165, 1.54) is 0 Å². The number of carboxylic acid groups (broad SMARTS) is 1.